The van der Waals surface area contributed by atoms with Crippen molar-refractivity contribution < 1.29 is 23.8 Å². The van der Waals surface area contributed by atoms with Crippen LogP contribution in [0, 0.1) is 24.1 Å². The highest BCUT2D eigenvalue weighted by molar-refractivity contribution is 6.33. The van der Waals surface area contributed by atoms with Gasteiger partial charge in [0, 0.05) is 24.2 Å². The monoisotopic (exact) mass is 530 g/mol. The van der Waals surface area contributed by atoms with Gasteiger partial charge < -0.3 is 14.6 Å². The third-order valence-electron chi connectivity index (χ3n) is 5.75. The van der Waals surface area contributed by atoms with Gasteiger partial charge in [0.1, 0.15) is 33.9 Å². The molecule has 0 aliphatic heterocycles. The molecule has 4 rings (SSSR count). The van der Waals surface area contributed by atoms with Gasteiger partial charge in [-0.05, 0) is 32.3 Å². The van der Waals surface area contributed by atoms with Crippen molar-refractivity contribution >= 4 is 34.9 Å². The Morgan fingerprint density at radius 1 is 1.39 bits per heavy atom. The Labute approximate surface area is 216 Å². The van der Waals surface area contributed by atoms with E-state index in [-0.39, 0.29) is 68.0 Å². The van der Waals surface area contributed by atoms with Gasteiger partial charge in [-0.25, -0.2) is 14.2 Å². The van der Waals surface area contributed by atoms with E-state index in [1.54, 1.807) is 20.9 Å². The average molecular weight is 531 g/mol. The van der Waals surface area contributed by atoms with Crippen LogP contribution in [0.5, 0.6) is 5.75 Å². The SMILES string of the molecule is C=C(OCC)c1c(C)c(-c2cnn(C)c2-c2c(F)c(Cl)cc(OC3CC3)c2C#N)nc(Cl)c1C(=O)O. The fraction of sp³-hybridized carbons (Fsp3) is 0.280. The number of hydrogen-bond donors (Lipinski definition) is 1. The fourth-order valence-corrected chi connectivity index (χ4v) is 4.45. The Balaban J connectivity index is 2.03. The van der Waals surface area contributed by atoms with Gasteiger partial charge in [0.05, 0.1) is 40.9 Å². The molecule has 1 aliphatic rings. The first kappa shape index (κ1) is 25.5. The van der Waals surface area contributed by atoms with Crippen molar-refractivity contribution in [3.63, 3.8) is 0 Å². The van der Waals surface area contributed by atoms with Crippen molar-refractivity contribution in [3.05, 3.63) is 57.1 Å². The van der Waals surface area contributed by atoms with Crippen molar-refractivity contribution in [1.29, 1.82) is 5.26 Å². The van der Waals surface area contributed by atoms with Crippen LogP contribution in [0.25, 0.3) is 28.3 Å². The maximum absolute atomic E-state index is 15.5. The smallest absolute Gasteiger partial charge is 0.339 e. The van der Waals surface area contributed by atoms with Gasteiger partial charge in [-0.3, -0.25) is 4.68 Å². The van der Waals surface area contributed by atoms with Crippen LogP contribution >= 0.6 is 23.2 Å². The maximum atomic E-state index is 15.5. The first-order chi connectivity index (χ1) is 17.1. The van der Waals surface area contributed by atoms with Gasteiger partial charge >= 0.3 is 5.97 Å². The van der Waals surface area contributed by atoms with E-state index in [1.807, 2.05) is 6.07 Å². The van der Waals surface area contributed by atoms with Crippen LogP contribution in [-0.4, -0.2) is 38.6 Å². The zero-order chi connectivity index (χ0) is 26.3. The summed E-state index contributed by atoms with van der Waals surface area (Å²) in [5.74, 6) is -1.87. The summed E-state index contributed by atoms with van der Waals surface area (Å²) in [5.41, 5.74) is 0.813. The minimum atomic E-state index is -1.31. The Morgan fingerprint density at radius 3 is 2.67 bits per heavy atom. The van der Waals surface area contributed by atoms with E-state index in [0.717, 1.165) is 12.8 Å². The molecule has 0 radical (unpaired) electrons. The minimum absolute atomic E-state index is 0.0431. The topological polar surface area (TPSA) is 110 Å². The lowest BCUT2D eigenvalue weighted by Crippen LogP contribution is -2.10. The number of hydrogen-bond acceptors (Lipinski definition) is 6. The van der Waals surface area contributed by atoms with Crippen molar-refractivity contribution in [1.82, 2.24) is 14.8 Å². The first-order valence-corrected chi connectivity index (χ1v) is 11.7. The number of carbonyl (C=O) groups is 1. The number of rotatable bonds is 8. The summed E-state index contributed by atoms with van der Waals surface area (Å²) in [6, 6.07) is 3.32. The zero-order valence-electron chi connectivity index (χ0n) is 19.7. The molecule has 186 valence electrons. The molecule has 0 unspecified atom stereocenters. The molecule has 0 saturated heterocycles. The van der Waals surface area contributed by atoms with Gasteiger partial charge in [-0.15, -0.1) is 0 Å². The molecule has 36 heavy (non-hydrogen) atoms. The number of benzene rings is 1. The fourth-order valence-electron chi connectivity index (χ4n) is 4.00. The first-order valence-electron chi connectivity index (χ1n) is 11.0. The summed E-state index contributed by atoms with van der Waals surface area (Å²) in [6.45, 7) is 7.45. The minimum Gasteiger partial charge on any atom is -0.494 e. The molecule has 1 aliphatic carbocycles. The molecule has 1 saturated carbocycles. The zero-order valence-corrected chi connectivity index (χ0v) is 21.2. The van der Waals surface area contributed by atoms with E-state index in [4.69, 9.17) is 32.7 Å². The molecule has 0 amide bonds. The van der Waals surface area contributed by atoms with E-state index >= 15 is 4.39 Å². The van der Waals surface area contributed by atoms with E-state index < -0.39 is 11.8 Å². The van der Waals surface area contributed by atoms with Crippen LogP contribution < -0.4 is 4.74 Å². The summed E-state index contributed by atoms with van der Waals surface area (Å²) in [7, 11) is 1.57. The summed E-state index contributed by atoms with van der Waals surface area (Å²) >= 11 is 12.5. The van der Waals surface area contributed by atoms with E-state index in [0.29, 0.717) is 11.1 Å². The third kappa shape index (κ3) is 4.38. The molecular weight excluding hydrogens is 510 g/mol. The number of ether oxygens (including phenoxy) is 2. The molecule has 0 bridgehead atoms. The lowest BCUT2D eigenvalue weighted by Gasteiger charge is -2.18. The highest BCUT2D eigenvalue weighted by Gasteiger charge is 2.31. The Morgan fingerprint density at radius 2 is 2.08 bits per heavy atom. The average Bonchev–Trinajstić information content (AvgIpc) is 3.56. The van der Waals surface area contributed by atoms with Gasteiger partial charge in [-0.1, -0.05) is 29.8 Å². The number of pyridine rings is 1. The number of carboxylic acids is 1. The maximum Gasteiger partial charge on any atom is 0.339 e. The van der Waals surface area contributed by atoms with Crippen LogP contribution in [0.15, 0.2) is 18.8 Å². The Kier molecular flexibility index (Phi) is 6.94. The molecule has 8 nitrogen and oxygen atoms in total. The number of carboxylic acid groups (broad SMARTS) is 1. The van der Waals surface area contributed by atoms with Crippen molar-refractivity contribution in [3.8, 4) is 34.3 Å². The number of halogens is 3. The molecule has 11 heteroatoms. The molecule has 0 atom stereocenters. The lowest BCUT2D eigenvalue weighted by atomic mass is 9.94. The molecule has 2 aromatic heterocycles. The van der Waals surface area contributed by atoms with Crippen molar-refractivity contribution in [2.75, 3.05) is 6.61 Å². The van der Waals surface area contributed by atoms with Crippen molar-refractivity contribution in [2.45, 2.75) is 32.8 Å². The number of aromatic nitrogens is 3. The van der Waals surface area contributed by atoms with Gasteiger partial charge in [-0.2, -0.15) is 10.4 Å². The van der Waals surface area contributed by atoms with E-state index in [1.165, 1.54) is 16.9 Å². The molecule has 1 fully saturated rings. The number of nitrogens with zero attached hydrogens (tertiary/aromatic N) is 4. The summed E-state index contributed by atoms with van der Waals surface area (Å²) < 4.78 is 28.2. The van der Waals surface area contributed by atoms with E-state index in [9.17, 15) is 15.2 Å². The molecular formula is C25H21Cl2FN4O4. The second-order valence-corrected chi connectivity index (χ2v) is 8.93. The molecule has 2 heterocycles. The number of aromatic carboxylic acids is 1. The van der Waals surface area contributed by atoms with E-state index in [2.05, 4.69) is 16.7 Å². The summed E-state index contributed by atoms with van der Waals surface area (Å²) in [5, 5.41) is 23.5. The summed E-state index contributed by atoms with van der Waals surface area (Å²) in [6.07, 6.45) is 3.03. The Bertz CT molecular complexity index is 1460. The largest absolute Gasteiger partial charge is 0.494 e. The highest BCUT2D eigenvalue weighted by atomic mass is 35.5. The molecule has 0 spiro atoms. The Hall–Kier alpha value is -3.61. The second-order valence-electron chi connectivity index (χ2n) is 8.17. The van der Waals surface area contributed by atoms with Gasteiger partial charge in [0.15, 0.2) is 5.82 Å². The molecule has 1 N–H and O–H groups in total. The normalized spacial score (nSPS) is 12.8. The predicted octanol–water partition coefficient (Wildman–Crippen LogP) is 6.02. The second kappa shape index (κ2) is 9.80. The predicted molar refractivity (Wildman–Crippen MR) is 133 cm³/mol. The number of aryl methyl sites for hydroxylation is 1. The van der Waals surface area contributed by atoms with Crippen LogP contribution in [0.2, 0.25) is 10.2 Å². The highest BCUT2D eigenvalue weighted by Crippen LogP contribution is 2.44. The lowest BCUT2D eigenvalue weighted by molar-refractivity contribution is 0.0695. The van der Waals surface area contributed by atoms with Gasteiger partial charge in [0.25, 0.3) is 0 Å². The summed E-state index contributed by atoms with van der Waals surface area (Å²) in [4.78, 5) is 16.3. The van der Waals surface area contributed by atoms with Crippen LogP contribution in [0.1, 0.15) is 46.8 Å². The van der Waals surface area contributed by atoms with Gasteiger partial charge in [0.2, 0.25) is 0 Å². The molecule has 1 aromatic carbocycles. The standard InChI is InChI=1S/C25H21Cl2FN4O4/c1-5-35-12(3)18-11(2)22(31-24(27)20(18)25(33)34)15-10-30-32(4)23(15)19-14(9-29)17(36-13-6-7-13)8-16(26)21(19)28/h8,10,13H,3,5-7H2,1-2,4H3,(H,33,34). The number of nitriles is 1. The quantitative estimate of drug-likeness (QED) is 0.280. The van der Waals surface area contributed by atoms with Crippen LogP contribution in [-0.2, 0) is 11.8 Å². The van der Waals surface area contributed by atoms with Crippen molar-refractivity contribution in [2.24, 2.45) is 7.05 Å². The van der Waals surface area contributed by atoms with Crippen LogP contribution in [0.3, 0.4) is 0 Å². The third-order valence-corrected chi connectivity index (χ3v) is 6.30. The molecule has 3 aromatic rings. The van der Waals surface area contributed by atoms with Crippen LogP contribution in [0.4, 0.5) is 4.39 Å².